The lowest BCUT2D eigenvalue weighted by atomic mass is 9.94. The molecule has 0 unspecified atom stereocenters. The van der Waals surface area contributed by atoms with Gasteiger partial charge in [0, 0.05) is 22.2 Å². The smallest absolute Gasteiger partial charge is 0.277 e. The lowest BCUT2D eigenvalue weighted by molar-refractivity contribution is -0.123. The topological polar surface area (TPSA) is 133 Å². The third-order valence-electron chi connectivity index (χ3n) is 6.97. The van der Waals surface area contributed by atoms with Gasteiger partial charge in [-0.3, -0.25) is 14.5 Å². The average Bonchev–Trinajstić information content (AvgIpc) is 2.98. The minimum atomic E-state index is -0.791. The van der Waals surface area contributed by atoms with Crippen molar-refractivity contribution in [2.75, 3.05) is 12.0 Å². The largest absolute Gasteiger partial charge is 0.497 e. The van der Waals surface area contributed by atoms with E-state index in [1.807, 2.05) is 44.2 Å². The molecule has 1 saturated carbocycles. The molecule has 1 aromatic heterocycles. The van der Waals surface area contributed by atoms with Gasteiger partial charge in [-0.15, -0.1) is 0 Å². The Morgan fingerprint density at radius 2 is 1.77 bits per heavy atom. The van der Waals surface area contributed by atoms with Crippen LogP contribution in [0, 0.1) is 5.92 Å². The zero-order valence-corrected chi connectivity index (χ0v) is 23.2. The summed E-state index contributed by atoms with van der Waals surface area (Å²) in [4.78, 5) is 41.1. The second-order valence-corrected chi connectivity index (χ2v) is 10.4. The number of azide groups is 1. The summed E-state index contributed by atoms with van der Waals surface area (Å²) in [6.07, 6.45) is 5.62. The molecule has 1 atom stereocenters. The molecular weight excluding hydrogens is 506 g/mol. The number of aromatic nitrogens is 2. The first-order valence-corrected chi connectivity index (χ1v) is 13.7. The van der Waals surface area contributed by atoms with Crippen LogP contribution in [0.5, 0.6) is 5.75 Å². The highest BCUT2D eigenvalue weighted by Crippen LogP contribution is 2.28. The Balaban J connectivity index is 1.80. The first kappa shape index (κ1) is 28.6. The summed E-state index contributed by atoms with van der Waals surface area (Å²) in [6, 6.07) is 17.1. The van der Waals surface area contributed by atoms with E-state index in [4.69, 9.17) is 10.3 Å². The average molecular weight is 542 g/mol. The number of ether oxygens (including phenoxy) is 1. The van der Waals surface area contributed by atoms with Crippen molar-refractivity contribution < 1.29 is 14.3 Å². The Hall–Kier alpha value is -4.43. The van der Waals surface area contributed by atoms with Crippen molar-refractivity contribution in [2.45, 2.75) is 64.5 Å². The van der Waals surface area contributed by atoms with E-state index >= 15 is 0 Å². The van der Waals surface area contributed by atoms with Gasteiger partial charge in [0.05, 0.1) is 12.8 Å². The van der Waals surface area contributed by atoms with E-state index in [-0.39, 0.29) is 29.5 Å². The summed E-state index contributed by atoms with van der Waals surface area (Å²) in [5, 5.41) is 6.80. The van der Waals surface area contributed by atoms with E-state index < -0.39 is 11.9 Å². The van der Waals surface area contributed by atoms with E-state index in [9.17, 15) is 9.59 Å². The van der Waals surface area contributed by atoms with E-state index in [1.165, 1.54) is 11.3 Å². The van der Waals surface area contributed by atoms with E-state index in [2.05, 4.69) is 25.3 Å². The number of carbonyl (C=O) groups excluding carboxylic acids is 2. The van der Waals surface area contributed by atoms with Crippen LogP contribution in [-0.4, -0.2) is 41.0 Å². The minimum absolute atomic E-state index is 0.0197. The van der Waals surface area contributed by atoms with Gasteiger partial charge in [0.25, 0.3) is 5.91 Å². The van der Waals surface area contributed by atoms with Gasteiger partial charge < -0.3 is 10.1 Å². The number of amides is 2. The molecule has 3 aromatic rings. The number of nitrogens with one attached hydrogen (secondary N) is 1. The molecule has 2 amide bonds. The fourth-order valence-electron chi connectivity index (χ4n) is 5.01. The van der Waals surface area contributed by atoms with Crippen molar-refractivity contribution in [1.82, 2.24) is 15.3 Å². The summed E-state index contributed by atoms with van der Waals surface area (Å²) < 4.78 is 5.32. The molecule has 208 valence electrons. The fourth-order valence-corrected chi connectivity index (χ4v) is 5.01. The molecule has 10 nitrogen and oxygen atoms in total. The van der Waals surface area contributed by atoms with Crippen LogP contribution in [0.2, 0.25) is 0 Å². The Labute approximate surface area is 234 Å². The predicted octanol–water partition coefficient (Wildman–Crippen LogP) is 6.60. The van der Waals surface area contributed by atoms with Gasteiger partial charge in [-0.05, 0) is 66.2 Å². The molecule has 1 heterocycles. The van der Waals surface area contributed by atoms with Crippen LogP contribution in [0.3, 0.4) is 0 Å². The Morgan fingerprint density at radius 1 is 1.07 bits per heavy atom. The zero-order chi connectivity index (χ0) is 28.5. The van der Waals surface area contributed by atoms with Crippen LogP contribution >= 0.6 is 0 Å². The van der Waals surface area contributed by atoms with E-state index in [1.54, 1.807) is 37.4 Å². The number of anilines is 1. The Morgan fingerprint density at radius 3 is 2.40 bits per heavy atom. The normalized spacial score (nSPS) is 14.2. The number of benzene rings is 2. The first-order chi connectivity index (χ1) is 19.4. The maximum atomic E-state index is 14.3. The highest BCUT2D eigenvalue weighted by molar-refractivity contribution is 6.09. The molecule has 10 heteroatoms. The van der Waals surface area contributed by atoms with Crippen LogP contribution in [0.4, 0.5) is 11.6 Å². The van der Waals surface area contributed by atoms with Gasteiger partial charge in [0.1, 0.15) is 17.5 Å². The van der Waals surface area contributed by atoms with Crippen LogP contribution in [-0.2, 0) is 4.79 Å². The fraction of sp³-hybridized carbons (Fsp3) is 0.400. The van der Waals surface area contributed by atoms with Gasteiger partial charge in [-0.1, -0.05) is 63.4 Å². The second kappa shape index (κ2) is 13.6. The molecule has 1 fully saturated rings. The van der Waals surface area contributed by atoms with Gasteiger partial charge in [-0.2, -0.15) is 0 Å². The quantitative estimate of drug-likeness (QED) is 0.175. The number of carbonyl (C=O) groups is 2. The summed E-state index contributed by atoms with van der Waals surface area (Å²) in [5.74, 6) is -0.114. The van der Waals surface area contributed by atoms with Crippen molar-refractivity contribution in [3.8, 4) is 17.0 Å². The molecule has 2 aromatic carbocycles. The maximum absolute atomic E-state index is 14.3. The van der Waals surface area contributed by atoms with Crippen LogP contribution in [0.1, 0.15) is 62.9 Å². The Bertz CT molecular complexity index is 1350. The van der Waals surface area contributed by atoms with Gasteiger partial charge in [-0.25, -0.2) is 9.97 Å². The van der Waals surface area contributed by atoms with Crippen molar-refractivity contribution in [1.29, 1.82) is 0 Å². The molecule has 0 saturated heterocycles. The van der Waals surface area contributed by atoms with Crippen molar-refractivity contribution in [3.63, 3.8) is 0 Å². The van der Waals surface area contributed by atoms with Crippen molar-refractivity contribution in [3.05, 3.63) is 76.8 Å². The molecule has 0 spiro atoms. The highest BCUT2D eigenvalue weighted by Gasteiger charge is 2.34. The van der Waals surface area contributed by atoms with Gasteiger partial charge >= 0.3 is 0 Å². The maximum Gasteiger partial charge on any atom is 0.277 e. The van der Waals surface area contributed by atoms with E-state index in [0.717, 1.165) is 31.2 Å². The number of nitrogens with zero attached hydrogens (tertiary/aromatic N) is 6. The molecule has 0 bridgehead atoms. The number of methoxy groups -OCH3 is 1. The van der Waals surface area contributed by atoms with Gasteiger partial charge in [0.15, 0.2) is 0 Å². The molecule has 0 aliphatic heterocycles. The number of hydrogen-bond donors (Lipinski definition) is 1. The molecule has 1 aliphatic rings. The van der Waals surface area contributed by atoms with Crippen LogP contribution in [0.15, 0.2) is 65.8 Å². The molecule has 4 rings (SSSR count). The first-order valence-electron chi connectivity index (χ1n) is 13.7. The summed E-state index contributed by atoms with van der Waals surface area (Å²) in [6.45, 7) is 4.05. The SMILES string of the molecule is COc1ccc(N(C(=O)c2cc(-c3ccccc3)nc(N=[N+]=[N-])n2)[C@@H](CC(C)C)C(=O)NC2CCCCC2)cc1. The molecule has 40 heavy (non-hydrogen) atoms. The molecule has 1 aliphatic carbocycles. The zero-order valence-electron chi connectivity index (χ0n) is 23.2. The third kappa shape index (κ3) is 7.15. The number of rotatable bonds is 10. The Kier molecular flexibility index (Phi) is 9.70. The minimum Gasteiger partial charge on any atom is -0.497 e. The lowest BCUT2D eigenvalue weighted by Gasteiger charge is -2.34. The summed E-state index contributed by atoms with van der Waals surface area (Å²) in [7, 11) is 1.57. The summed E-state index contributed by atoms with van der Waals surface area (Å²) in [5.41, 5.74) is 10.8. The van der Waals surface area contributed by atoms with Crippen LogP contribution in [0.25, 0.3) is 21.7 Å². The second-order valence-electron chi connectivity index (χ2n) is 10.4. The highest BCUT2D eigenvalue weighted by atomic mass is 16.5. The van der Waals surface area contributed by atoms with E-state index in [0.29, 0.717) is 23.6 Å². The summed E-state index contributed by atoms with van der Waals surface area (Å²) >= 11 is 0. The lowest BCUT2D eigenvalue weighted by Crippen LogP contribution is -2.53. The standard InChI is InChI=1S/C30H35N7O3/c1-20(2)18-27(28(38)32-22-12-8-5-9-13-22)37(23-14-16-24(40-3)17-15-23)29(39)26-19-25(21-10-6-4-7-11-21)33-30(34-26)35-36-31/h4,6-7,10-11,14-17,19-20,22,27H,5,8-9,12-13,18H2,1-3H3,(H,32,38)/t27-/m0/s1. The number of hydrogen-bond acceptors (Lipinski definition) is 6. The van der Waals surface area contributed by atoms with Gasteiger partial charge in [0.2, 0.25) is 11.9 Å². The van der Waals surface area contributed by atoms with Crippen LogP contribution < -0.4 is 15.0 Å². The monoisotopic (exact) mass is 541 g/mol. The predicted molar refractivity (Wildman–Crippen MR) is 154 cm³/mol. The molecule has 1 N–H and O–H groups in total. The molecule has 0 radical (unpaired) electrons. The van der Waals surface area contributed by atoms with Crippen molar-refractivity contribution in [2.24, 2.45) is 11.0 Å². The van der Waals surface area contributed by atoms with Crippen molar-refractivity contribution >= 4 is 23.5 Å². The molecular formula is C30H35N7O3. The third-order valence-corrected chi connectivity index (χ3v) is 6.97.